The molecule has 0 bridgehead atoms. The minimum absolute atomic E-state index is 0.269. The second-order valence-corrected chi connectivity index (χ2v) is 5.78. The van der Waals surface area contributed by atoms with Crippen molar-refractivity contribution in [3.05, 3.63) is 0 Å². The molecule has 0 spiro atoms. The number of alkyl carbamates (subject to hydrolysis) is 1. The summed E-state index contributed by atoms with van der Waals surface area (Å²) >= 11 is 0. The fourth-order valence-electron chi connectivity index (χ4n) is 1.60. The Labute approximate surface area is 117 Å². The topological polar surface area (TPSA) is 90.9 Å². The van der Waals surface area contributed by atoms with E-state index in [-0.39, 0.29) is 6.10 Å². The van der Waals surface area contributed by atoms with Crippen LogP contribution in [0.1, 0.15) is 41.0 Å². The quantitative estimate of drug-likeness (QED) is 0.618. The van der Waals surface area contributed by atoms with Gasteiger partial charge in [-0.15, -0.1) is 0 Å². The third-order valence-corrected chi connectivity index (χ3v) is 2.47. The maximum absolute atomic E-state index is 11.8. The van der Waals surface area contributed by atoms with Gasteiger partial charge in [-0.2, -0.15) is 0 Å². The van der Waals surface area contributed by atoms with E-state index in [1.165, 1.54) is 6.92 Å². The van der Waals surface area contributed by atoms with Gasteiger partial charge in [0.2, 0.25) is 6.10 Å². The third-order valence-electron chi connectivity index (χ3n) is 2.47. The van der Waals surface area contributed by atoms with Crippen molar-refractivity contribution in [2.45, 2.75) is 64.9 Å². The third kappa shape index (κ3) is 5.07. The zero-order chi connectivity index (χ0) is 15.5. The van der Waals surface area contributed by atoms with Crippen molar-refractivity contribution in [2.24, 2.45) is 0 Å². The molecule has 7 heteroatoms. The minimum Gasteiger partial charge on any atom is -0.460 e. The minimum atomic E-state index is -0.909. The molecule has 1 amide bonds. The molecule has 0 aromatic heterocycles. The molecule has 20 heavy (non-hydrogen) atoms. The Bertz CT molecular complexity index is 400. The van der Waals surface area contributed by atoms with Gasteiger partial charge in [-0.05, 0) is 34.6 Å². The maximum Gasteiger partial charge on any atom is 0.408 e. The first kappa shape index (κ1) is 16.3. The highest BCUT2D eigenvalue weighted by Crippen LogP contribution is 2.17. The summed E-state index contributed by atoms with van der Waals surface area (Å²) in [6.07, 6.45) is -1.57. The van der Waals surface area contributed by atoms with Gasteiger partial charge in [0.15, 0.2) is 0 Å². The van der Waals surface area contributed by atoms with Gasteiger partial charge in [0, 0.05) is 6.42 Å². The number of carbonyl (C=O) groups is 3. The molecule has 1 saturated heterocycles. The van der Waals surface area contributed by atoms with Gasteiger partial charge in [-0.25, -0.2) is 14.4 Å². The van der Waals surface area contributed by atoms with Gasteiger partial charge in [-0.1, -0.05) is 0 Å². The number of hydrogen-bond acceptors (Lipinski definition) is 6. The largest absolute Gasteiger partial charge is 0.460 e. The average Bonchev–Trinajstić information content (AvgIpc) is 2.54. The molecular formula is C13H21NO6. The van der Waals surface area contributed by atoms with E-state index in [1.807, 2.05) is 0 Å². The summed E-state index contributed by atoms with van der Waals surface area (Å²) in [5.41, 5.74) is -0.654. The molecule has 114 valence electrons. The molecule has 7 nitrogen and oxygen atoms in total. The average molecular weight is 287 g/mol. The van der Waals surface area contributed by atoms with Gasteiger partial charge < -0.3 is 19.5 Å². The lowest BCUT2D eigenvalue weighted by molar-refractivity contribution is -0.161. The first-order valence-electron chi connectivity index (χ1n) is 6.49. The van der Waals surface area contributed by atoms with Gasteiger partial charge in [-0.3, -0.25) is 0 Å². The predicted molar refractivity (Wildman–Crippen MR) is 68.9 cm³/mol. The molecule has 0 aromatic rings. The summed E-state index contributed by atoms with van der Waals surface area (Å²) in [5, 5.41) is 2.35. The molecule has 1 heterocycles. The fraction of sp³-hybridized carbons (Fsp3) is 0.769. The second kappa shape index (κ2) is 6.11. The van der Waals surface area contributed by atoms with Crippen LogP contribution in [0.5, 0.6) is 0 Å². The van der Waals surface area contributed by atoms with Crippen LogP contribution in [0.4, 0.5) is 4.79 Å². The second-order valence-electron chi connectivity index (χ2n) is 5.78. The number of carbonyl (C=O) groups excluding carboxylic acids is 3. The van der Waals surface area contributed by atoms with E-state index in [9.17, 15) is 14.4 Å². The van der Waals surface area contributed by atoms with Gasteiger partial charge in [0.25, 0.3) is 0 Å². The van der Waals surface area contributed by atoms with E-state index in [0.717, 1.165) is 0 Å². The van der Waals surface area contributed by atoms with Gasteiger partial charge in [0.05, 0.1) is 0 Å². The van der Waals surface area contributed by atoms with Crippen molar-refractivity contribution < 1.29 is 28.6 Å². The van der Waals surface area contributed by atoms with Gasteiger partial charge in [0.1, 0.15) is 17.7 Å². The van der Waals surface area contributed by atoms with Crippen molar-refractivity contribution in [1.29, 1.82) is 0 Å². The highest BCUT2D eigenvalue weighted by molar-refractivity contribution is 5.85. The molecule has 1 rings (SSSR count). The Morgan fingerprint density at radius 2 is 2.00 bits per heavy atom. The standard InChI is InChI=1S/C13H21NO6/c1-7-6-9(11(16)18-7)19-10(15)8(2)14-12(17)20-13(3,4)5/h7-9H,6H2,1-5H3,(H,14,17)/t7-,8+,9-/m1/s1. The number of hydrogen-bond donors (Lipinski definition) is 1. The first-order chi connectivity index (χ1) is 9.08. The molecule has 1 N–H and O–H groups in total. The van der Waals surface area contributed by atoms with Crippen LogP contribution in [0, 0.1) is 0 Å². The monoisotopic (exact) mass is 287 g/mol. The smallest absolute Gasteiger partial charge is 0.408 e. The maximum atomic E-state index is 11.8. The lowest BCUT2D eigenvalue weighted by Crippen LogP contribution is -2.43. The fourth-order valence-corrected chi connectivity index (χ4v) is 1.60. The molecule has 1 fully saturated rings. The molecule has 0 aliphatic carbocycles. The van der Waals surface area contributed by atoms with E-state index < -0.39 is 35.8 Å². The van der Waals surface area contributed by atoms with Crippen molar-refractivity contribution in [3.63, 3.8) is 0 Å². The van der Waals surface area contributed by atoms with Gasteiger partial charge >= 0.3 is 18.0 Å². The number of rotatable bonds is 3. The van der Waals surface area contributed by atoms with Crippen LogP contribution in [-0.2, 0) is 23.8 Å². The Hall–Kier alpha value is -1.79. The van der Waals surface area contributed by atoms with Crippen LogP contribution in [0.3, 0.4) is 0 Å². The molecule has 0 aromatic carbocycles. The molecule has 1 aliphatic heterocycles. The van der Waals surface area contributed by atoms with E-state index in [4.69, 9.17) is 14.2 Å². The number of cyclic esters (lactones) is 1. The molecule has 0 radical (unpaired) electrons. The summed E-state index contributed by atoms with van der Waals surface area (Å²) in [5.74, 6) is -1.26. The van der Waals surface area contributed by atoms with E-state index in [2.05, 4.69) is 5.32 Å². The van der Waals surface area contributed by atoms with Crippen LogP contribution in [-0.4, -0.2) is 41.9 Å². The normalized spacial score (nSPS) is 23.8. The number of ether oxygens (including phenoxy) is 3. The predicted octanol–water partition coefficient (Wildman–Crippen LogP) is 1.15. The van der Waals surface area contributed by atoms with E-state index >= 15 is 0 Å². The molecule has 0 saturated carbocycles. The van der Waals surface area contributed by atoms with E-state index in [0.29, 0.717) is 6.42 Å². The summed E-state index contributed by atoms with van der Waals surface area (Å²) in [7, 11) is 0. The van der Waals surface area contributed by atoms with Crippen molar-refractivity contribution in [2.75, 3.05) is 0 Å². The number of nitrogens with one attached hydrogen (secondary N) is 1. The lowest BCUT2D eigenvalue weighted by Gasteiger charge is -2.21. The molecular weight excluding hydrogens is 266 g/mol. The highest BCUT2D eigenvalue weighted by Gasteiger charge is 2.36. The summed E-state index contributed by atoms with van der Waals surface area (Å²) in [6.45, 7) is 8.31. The highest BCUT2D eigenvalue weighted by atomic mass is 16.6. The molecule has 0 unspecified atom stereocenters. The van der Waals surface area contributed by atoms with Crippen LogP contribution in [0.25, 0.3) is 0 Å². The van der Waals surface area contributed by atoms with Crippen LogP contribution >= 0.6 is 0 Å². The Morgan fingerprint density at radius 1 is 1.40 bits per heavy atom. The molecule has 3 atom stereocenters. The Balaban J connectivity index is 2.43. The zero-order valence-electron chi connectivity index (χ0n) is 12.4. The van der Waals surface area contributed by atoms with Crippen LogP contribution in [0.15, 0.2) is 0 Å². The van der Waals surface area contributed by atoms with Crippen molar-refractivity contribution in [3.8, 4) is 0 Å². The Morgan fingerprint density at radius 3 is 2.45 bits per heavy atom. The number of esters is 2. The van der Waals surface area contributed by atoms with Crippen LogP contribution in [0.2, 0.25) is 0 Å². The van der Waals surface area contributed by atoms with E-state index in [1.54, 1.807) is 27.7 Å². The Kier molecular flexibility index (Phi) is 4.97. The summed E-state index contributed by atoms with van der Waals surface area (Å²) < 4.78 is 14.9. The van der Waals surface area contributed by atoms with Crippen molar-refractivity contribution >= 4 is 18.0 Å². The SMILES string of the molecule is C[C@@H]1C[C@@H](OC(=O)[C@H](C)NC(=O)OC(C)(C)C)C(=O)O1. The lowest BCUT2D eigenvalue weighted by atomic mass is 10.2. The number of amides is 1. The first-order valence-corrected chi connectivity index (χ1v) is 6.49. The summed E-state index contributed by atoms with van der Waals surface area (Å²) in [6, 6.07) is -0.909. The summed E-state index contributed by atoms with van der Waals surface area (Å²) in [4.78, 5) is 34.6. The molecule has 1 aliphatic rings. The zero-order valence-corrected chi connectivity index (χ0v) is 12.4. The van der Waals surface area contributed by atoms with Crippen LogP contribution < -0.4 is 5.32 Å². The van der Waals surface area contributed by atoms with Crippen molar-refractivity contribution in [1.82, 2.24) is 5.32 Å².